The van der Waals surface area contributed by atoms with Crippen LogP contribution in [0.2, 0.25) is 0 Å². The van der Waals surface area contributed by atoms with E-state index in [0.717, 1.165) is 5.56 Å². The molecule has 2 aromatic rings. The van der Waals surface area contributed by atoms with Crippen LogP contribution in [-0.4, -0.2) is 50.6 Å². The molecule has 0 saturated heterocycles. The van der Waals surface area contributed by atoms with E-state index in [0.29, 0.717) is 48.7 Å². The minimum absolute atomic E-state index is 0.119. The first-order valence-corrected chi connectivity index (χ1v) is 14.4. The molecule has 9 heteroatoms. The molecule has 1 N–H and O–H groups in total. The summed E-state index contributed by atoms with van der Waals surface area (Å²) in [4.78, 5) is 38.8. The van der Waals surface area contributed by atoms with Gasteiger partial charge in [-0.05, 0) is 82.5 Å². The van der Waals surface area contributed by atoms with Crippen molar-refractivity contribution in [3.63, 3.8) is 0 Å². The van der Waals surface area contributed by atoms with Gasteiger partial charge in [0.1, 0.15) is 12.9 Å². The van der Waals surface area contributed by atoms with Gasteiger partial charge in [0.05, 0.1) is 24.9 Å². The van der Waals surface area contributed by atoms with Crippen molar-refractivity contribution < 1.29 is 28.4 Å². The molecule has 2 amide bonds. The second kappa shape index (κ2) is 10.6. The zero-order valence-electron chi connectivity index (χ0n) is 20.9. The summed E-state index contributed by atoms with van der Waals surface area (Å²) < 4.78 is 23.0. The summed E-state index contributed by atoms with van der Waals surface area (Å²) in [7, 11) is -2.51. The van der Waals surface area contributed by atoms with Gasteiger partial charge in [-0.1, -0.05) is 6.07 Å². The van der Waals surface area contributed by atoms with E-state index in [2.05, 4.69) is 5.32 Å². The molecule has 0 fully saturated rings. The number of anilines is 2. The maximum atomic E-state index is 13.0. The number of carbonyl (C=O) groups is 3. The van der Waals surface area contributed by atoms with E-state index in [9.17, 15) is 18.9 Å². The first-order chi connectivity index (χ1) is 16.4. The summed E-state index contributed by atoms with van der Waals surface area (Å²) in [5, 5.41) is 2.85. The fourth-order valence-corrected chi connectivity index (χ4v) is 4.91. The number of esters is 1. The smallest absolute Gasteiger partial charge is 0.305 e. The van der Waals surface area contributed by atoms with Crippen molar-refractivity contribution in [2.75, 3.05) is 43.0 Å². The van der Waals surface area contributed by atoms with E-state index in [1.807, 2.05) is 13.8 Å². The first kappa shape index (κ1) is 26.5. The highest BCUT2D eigenvalue weighted by Crippen LogP contribution is 2.47. The third-order valence-electron chi connectivity index (χ3n) is 5.70. The van der Waals surface area contributed by atoms with Gasteiger partial charge in [0.25, 0.3) is 5.91 Å². The number of rotatable bonds is 10. The minimum atomic E-state index is -2.51. The van der Waals surface area contributed by atoms with Crippen LogP contribution < -0.4 is 15.0 Å². The Morgan fingerprint density at radius 3 is 2.40 bits per heavy atom. The fraction of sp³-hybridized carbons (Fsp3) is 0.423. The van der Waals surface area contributed by atoms with Crippen molar-refractivity contribution >= 4 is 36.3 Å². The Kier molecular flexibility index (Phi) is 8.06. The predicted octanol–water partition coefficient (Wildman–Crippen LogP) is 4.87. The summed E-state index contributed by atoms with van der Waals surface area (Å²) in [6.45, 7) is 9.49. The highest BCUT2D eigenvalue weighted by atomic mass is 31.2. The third-order valence-corrected chi connectivity index (χ3v) is 6.66. The molecular formula is C26H33N2O6P. The van der Waals surface area contributed by atoms with Crippen molar-refractivity contribution in [1.82, 2.24) is 0 Å². The SMILES string of the molecule is CCOC(=O)CCCOc1ccc(NC(=O)c2ccc3c(c2)N(CP(C)(C)=O)C(=O)C3(C)C)cc1. The molecule has 0 unspecified atom stereocenters. The highest BCUT2D eigenvalue weighted by Gasteiger charge is 2.45. The topological polar surface area (TPSA) is 102 Å². The van der Waals surface area contributed by atoms with E-state index in [1.54, 1.807) is 67.6 Å². The zero-order chi connectivity index (χ0) is 25.8. The van der Waals surface area contributed by atoms with Crippen LogP contribution in [0.4, 0.5) is 11.4 Å². The van der Waals surface area contributed by atoms with Crippen molar-refractivity contribution in [1.29, 1.82) is 0 Å². The summed E-state index contributed by atoms with van der Waals surface area (Å²) >= 11 is 0. The molecule has 188 valence electrons. The summed E-state index contributed by atoms with van der Waals surface area (Å²) in [5.41, 5.74) is 1.70. The number of nitrogens with one attached hydrogen (secondary N) is 1. The van der Waals surface area contributed by atoms with E-state index in [1.165, 1.54) is 0 Å². The number of amides is 2. The number of fused-ring (bicyclic) bond motifs is 1. The van der Waals surface area contributed by atoms with E-state index < -0.39 is 12.6 Å². The molecule has 0 aromatic heterocycles. The number of carbonyl (C=O) groups excluding carboxylic acids is 3. The lowest BCUT2D eigenvalue weighted by atomic mass is 9.86. The van der Waals surface area contributed by atoms with Crippen LogP contribution in [0.1, 0.15) is 49.5 Å². The number of benzene rings is 2. The van der Waals surface area contributed by atoms with Crippen LogP contribution in [-0.2, 0) is 24.3 Å². The minimum Gasteiger partial charge on any atom is -0.494 e. The van der Waals surface area contributed by atoms with Gasteiger partial charge >= 0.3 is 5.97 Å². The summed E-state index contributed by atoms with van der Waals surface area (Å²) in [6.07, 6.45) is 0.989. The number of hydrogen-bond donors (Lipinski definition) is 1. The summed E-state index contributed by atoms with van der Waals surface area (Å²) in [6, 6.07) is 12.1. The van der Waals surface area contributed by atoms with Gasteiger partial charge < -0.3 is 24.3 Å². The second-order valence-electron chi connectivity index (χ2n) is 9.54. The van der Waals surface area contributed by atoms with Crippen molar-refractivity contribution in [2.24, 2.45) is 0 Å². The zero-order valence-corrected chi connectivity index (χ0v) is 21.8. The van der Waals surface area contributed by atoms with Gasteiger partial charge in [-0.25, -0.2) is 0 Å². The van der Waals surface area contributed by atoms with Crippen LogP contribution in [0.25, 0.3) is 0 Å². The molecule has 1 heterocycles. The Balaban J connectivity index is 1.65. The lowest BCUT2D eigenvalue weighted by Gasteiger charge is -2.22. The van der Waals surface area contributed by atoms with Crippen LogP contribution in [0.5, 0.6) is 5.75 Å². The normalized spacial score (nSPS) is 14.4. The molecule has 3 rings (SSSR count). The van der Waals surface area contributed by atoms with Crippen molar-refractivity contribution in [3.05, 3.63) is 53.6 Å². The van der Waals surface area contributed by atoms with Crippen LogP contribution in [0, 0.1) is 0 Å². The molecule has 0 atom stereocenters. The van der Waals surface area contributed by atoms with Crippen LogP contribution in [0.15, 0.2) is 42.5 Å². The first-order valence-electron chi connectivity index (χ1n) is 11.6. The monoisotopic (exact) mass is 500 g/mol. The van der Waals surface area contributed by atoms with Crippen LogP contribution >= 0.6 is 7.14 Å². The predicted molar refractivity (Wildman–Crippen MR) is 137 cm³/mol. The van der Waals surface area contributed by atoms with E-state index in [-0.39, 0.29) is 24.1 Å². The lowest BCUT2D eigenvalue weighted by molar-refractivity contribution is -0.143. The average Bonchev–Trinajstić information content (AvgIpc) is 2.97. The van der Waals surface area contributed by atoms with Crippen molar-refractivity contribution in [2.45, 2.75) is 39.0 Å². The average molecular weight is 501 g/mol. The Morgan fingerprint density at radius 2 is 1.77 bits per heavy atom. The second-order valence-corrected chi connectivity index (χ2v) is 13.0. The molecule has 0 saturated carbocycles. The van der Waals surface area contributed by atoms with Gasteiger partial charge in [-0.3, -0.25) is 14.4 Å². The maximum Gasteiger partial charge on any atom is 0.305 e. The standard InChI is InChI=1S/C26H33N2O6P/c1-6-33-23(29)8-7-15-34-20-12-10-19(11-13-20)27-24(30)18-9-14-21-22(16-18)28(17-35(4,5)32)25(31)26(21,2)3/h9-14,16H,6-8,15,17H2,1-5H3,(H,27,30). The third kappa shape index (κ3) is 6.51. The van der Waals surface area contributed by atoms with Gasteiger partial charge in [0, 0.05) is 23.4 Å². The molecule has 0 radical (unpaired) electrons. The highest BCUT2D eigenvalue weighted by molar-refractivity contribution is 7.62. The molecular weight excluding hydrogens is 467 g/mol. The maximum absolute atomic E-state index is 13.0. The number of nitrogens with zero attached hydrogens (tertiary/aromatic N) is 1. The molecule has 1 aliphatic heterocycles. The fourth-order valence-electron chi connectivity index (χ4n) is 3.95. The Hall–Kier alpha value is -3.12. The van der Waals surface area contributed by atoms with Crippen molar-refractivity contribution in [3.8, 4) is 5.75 Å². The Morgan fingerprint density at radius 1 is 1.09 bits per heavy atom. The Labute approximate surface area is 206 Å². The van der Waals surface area contributed by atoms with Gasteiger partial charge in [0.15, 0.2) is 0 Å². The largest absolute Gasteiger partial charge is 0.494 e. The molecule has 0 bridgehead atoms. The quantitative estimate of drug-likeness (QED) is 0.284. The molecule has 8 nitrogen and oxygen atoms in total. The van der Waals surface area contributed by atoms with Crippen LogP contribution in [0.3, 0.4) is 0 Å². The molecule has 0 spiro atoms. The number of hydrogen-bond acceptors (Lipinski definition) is 6. The Bertz CT molecular complexity index is 1150. The molecule has 1 aliphatic rings. The lowest BCUT2D eigenvalue weighted by Crippen LogP contribution is -2.36. The molecule has 35 heavy (non-hydrogen) atoms. The van der Waals surface area contributed by atoms with E-state index in [4.69, 9.17) is 9.47 Å². The molecule has 0 aliphatic carbocycles. The van der Waals surface area contributed by atoms with Gasteiger partial charge in [-0.2, -0.15) is 0 Å². The number of ether oxygens (including phenoxy) is 2. The molecule has 2 aromatic carbocycles. The van der Waals surface area contributed by atoms with E-state index >= 15 is 0 Å². The van der Waals surface area contributed by atoms with Gasteiger partial charge in [-0.15, -0.1) is 0 Å². The van der Waals surface area contributed by atoms with Gasteiger partial charge in [0.2, 0.25) is 5.91 Å². The summed E-state index contributed by atoms with van der Waals surface area (Å²) in [5.74, 6) is -0.0458.